The Bertz CT molecular complexity index is 245. The third kappa shape index (κ3) is 7.47. The van der Waals surface area contributed by atoms with Gasteiger partial charge < -0.3 is 19.3 Å². The van der Waals surface area contributed by atoms with Crippen molar-refractivity contribution in [1.29, 1.82) is 0 Å². The van der Waals surface area contributed by atoms with Crippen LogP contribution in [0.15, 0.2) is 0 Å². The summed E-state index contributed by atoms with van der Waals surface area (Å²) in [5.41, 5.74) is -0.868. The lowest BCUT2D eigenvalue weighted by Gasteiger charge is -2.33. The number of hydrogen-bond acceptors (Lipinski definition) is 5. The molecule has 0 aliphatic carbocycles. The molecule has 114 valence electrons. The van der Waals surface area contributed by atoms with Gasteiger partial charge in [0.2, 0.25) is 0 Å². The highest BCUT2D eigenvalue weighted by Crippen LogP contribution is 2.13. The predicted molar refractivity (Wildman–Crippen MR) is 72.5 cm³/mol. The quantitative estimate of drug-likeness (QED) is 0.533. The minimum Gasteiger partial charge on any atom is -0.480 e. The molecular weight excluding hydrogens is 250 g/mol. The zero-order chi connectivity index (χ0) is 14.7. The first-order valence-corrected chi connectivity index (χ1v) is 6.59. The number of methoxy groups -OCH3 is 1. The summed E-state index contributed by atoms with van der Waals surface area (Å²) in [5, 5.41) is 9.15. The van der Waals surface area contributed by atoms with Gasteiger partial charge in [0.05, 0.1) is 33.0 Å². The molecule has 0 heterocycles. The number of rotatable bonds is 12. The maximum absolute atomic E-state index is 11.1. The summed E-state index contributed by atoms with van der Waals surface area (Å²) in [6.07, 6.45) is 0. The summed E-state index contributed by atoms with van der Waals surface area (Å²) in [6, 6.07) is 0. The SMILES string of the molecule is CCN(CCOCCOCCOC)C(C)(C)C(=O)O. The fourth-order valence-corrected chi connectivity index (χ4v) is 1.61. The molecule has 0 spiro atoms. The van der Waals surface area contributed by atoms with Crippen molar-refractivity contribution in [3.63, 3.8) is 0 Å². The minimum atomic E-state index is -0.868. The number of carboxylic acids is 1. The van der Waals surface area contributed by atoms with E-state index in [0.717, 1.165) is 0 Å². The summed E-state index contributed by atoms with van der Waals surface area (Å²) in [6.45, 7) is 9.28. The summed E-state index contributed by atoms with van der Waals surface area (Å²) in [7, 11) is 1.63. The lowest BCUT2D eigenvalue weighted by Crippen LogP contribution is -2.51. The van der Waals surface area contributed by atoms with Crippen LogP contribution in [0.5, 0.6) is 0 Å². The molecular formula is C13H27NO5. The van der Waals surface area contributed by atoms with Gasteiger partial charge in [-0.1, -0.05) is 6.92 Å². The van der Waals surface area contributed by atoms with Crippen molar-refractivity contribution in [2.75, 3.05) is 53.2 Å². The van der Waals surface area contributed by atoms with E-state index in [2.05, 4.69) is 0 Å². The van der Waals surface area contributed by atoms with Crippen molar-refractivity contribution in [2.45, 2.75) is 26.3 Å². The Morgan fingerprint density at radius 3 is 2.11 bits per heavy atom. The highest BCUT2D eigenvalue weighted by molar-refractivity contribution is 5.77. The van der Waals surface area contributed by atoms with Crippen LogP contribution in [0.3, 0.4) is 0 Å². The molecule has 1 N–H and O–H groups in total. The van der Waals surface area contributed by atoms with Gasteiger partial charge >= 0.3 is 5.97 Å². The van der Waals surface area contributed by atoms with Gasteiger partial charge in [0.15, 0.2) is 0 Å². The molecule has 0 unspecified atom stereocenters. The van der Waals surface area contributed by atoms with Gasteiger partial charge in [0, 0.05) is 13.7 Å². The number of hydrogen-bond donors (Lipinski definition) is 1. The molecule has 19 heavy (non-hydrogen) atoms. The van der Waals surface area contributed by atoms with Crippen molar-refractivity contribution >= 4 is 5.97 Å². The van der Waals surface area contributed by atoms with Crippen LogP contribution in [0, 0.1) is 0 Å². The Labute approximate surface area is 115 Å². The first kappa shape index (κ1) is 18.3. The van der Waals surface area contributed by atoms with E-state index in [1.165, 1.54) is 0 Å². The molecule has 0 fully saturated rings. The first-order chi connectivity index (χ1) is 8.96. The molecule has 0 saturated heterocycles. The van der Waals surface area contributed by atoms with Crippen molar-refractivity contribution < 1.29 is 24.1 Å². The second-order valence-corrected chi connectivity index (χ2v) is 4.66. The Morgan fingerprint density at radius 1 is 1.11 bits per heavy atom. The normalized spacial score (nSPS) is 12.1. The molecule has 0 amide bonds. The van der Waals surface area contributed by atoms with Crippen LogP contribution in [-0.2, 0) is 19.0 Å². The molecule has 0 saturated carbocycles. The van der Waals surface area contributed by atoms with E-state index in [4.69, 9.17) is 19.3 Å². The fourth-order valence-electron chi connectivity index (χ4n) is 1.61. The predicted octanol–water partition coefficient (Wildman–Crippen LogP) is 0.851. The van der Waals surface area contributed by atoms with Crippen molar-refractivity contribution in [3.8, 4) is 0 Å². The molecule has 6 heteroatoms. The number of carbonyl (C=O) groups is 1. The number of likely N-dealkylation sites (N-methyl/N-ethyl adjacent to an activating group) is 1. The summed E-state index contributed by atoms with van der Waals surface area (Å²) >= 11 is 0. The van der Waals surface area contributed by atoms with Gasteiger partial charge in [-0.15, -0.1) is 0 Å². The maximum Gasteiger partial charge on any atom is 0.323 e. The van der Waals surface area contributed by atoms with Gasteiger partial charge in [0.1, 0.15) is 5.54 Å². The molecule has 6 nitrogen and oxygen atoms in total. The highest BCUT2D eigenvalue weighted by Gasteiger charge is 2.33. The number of nitrogens with zero attached hydrogens (tertiary/aromatic N) is 1. The monoisotopic (exact) mass is 277 g/mol. The topological polar surface area (TPSA) is 68.2 Å². The molecule has 0 aromatic rings. The third-order valence-electron chi connectivity index (χ3n) is 3.01. The van der Waals surface area contributed by atoms with Crippen LogP contribution >= 0.6 is 0 Å². The van der Waals surface area contributed by atoms with E-state index in [0.29, 0.717) is 46.1 Å². The molecule has 0 atom stereocenters. The van der Waals surface area contributed by atoms with Gasteiger partial charge in [0.25, 0.3) is 0 Å². The average Bonchev–Trinajstić information content (AvgIpc) is 2.36. The van der Waals surface area contributed by atoms with Gasteiger partial charge in [-0.25, -0.2) is 0 Å². The van der Waals surface area contributed by atoms with E-state index in [1.54, 1.807) is 21.0 Å². The van der Waals surface area contributed by atoms with E-state index in [9.17, 15) is 4.79 Å². The average molecular weight is 277 g/mol. The molecule has 0 radical (unpaired) electrons. The van der Waals surface area contributed by atoms with E-state index >= 15 is 0 Å². The van der Waals surface area contributed by atoms with Gasteiger partial charge in [-0.05, 0) is 20.4 Å². The van der Waals surface area contributed by atoms with Gasteiger partial charge in [-0.2, -0.15) is 0 Å². The summed E-state index contributed by atoms with van der Waals surface area (Å²) in [4.78, 5) is 13.0. The van der Waals surface area contributed by atoms with Crippen LogP contribution in [-0.4, -0.2) is 74.7 Å². The van der Waals surface area contributed by atoms with E-state index < -0.39 is 11.5 Å². The molecule has 0 rings (SSSR count). The Balaban J connectivity index is 3.71. The van der Waals surface area contributed by atoms with Crippen molar-refractivity contribution in [2.24, 2.45) is 0 Å². The number of carboxylic acid groups (broad SMARTS) is 1. The van der Waals surface area contributed by atoms with Crippen LogP contribution in [0.1, 0.15) is 20.8 Å². The van der Waals surface area contributed by atoms with Crippen molar-refractivity contribution in [1.82, 2.24) is 4.90 Å². The zero-order valence-electron chi connectivity index (χ0n) is 12.5. The lowest BCUT2D eigenvalue weighted by atomic mass is 10.0. The van der Waals surface area contributed by atoms with Crippen LogP contribution in [0.2, 0.25) is 0 Å². The zero-order valence-corrected chi connectivity index (χ0v) is 12.5. The smallest absolute Gasteiger partial charge is 0.323 e. The van der Waals surface area contributed by atoms with E-state index in [1.807, 2.05) is 11.8 Å². The lowest BCUT2D eigenvalue weighted by molar-refractivity contribution is -0.149. The summed E-state index contributed by atoms with van der Waals surface area (Å²) < 4.78 is 15.5. The Kier molecular flexibility index (Phi) is 9.77. The number of ether oxygens (including phenoxy) is 3. The summed E-state index contributed by atoms with van der Waals surface area (Å²) in [5.74, 6) is -0.822. The molecule has 0 aromatic carbocycles. The van der Waals surface area contributed by atoms with Gasteiger partial charge in [-0.3, -0.25) is 9.69 Å². The number of aliphatic carboxylic acids is 1. The van der Waals surface area contributed by atoms with Crippen LogP contribution < -0.4 is 0 Å². The molecule has 0 aliphatic heterocycles. The maximum atomic E-state index is 11.1. The standard InChI is InChI=1S/C13H27NO5/c1-5-14(13(2,3)12(15)16)6-7-18-10-11-19-9-8-17-4/h5-11H2,1-4H3,(H,15,16). The fraction of sp³-hybridized carbons (Fsp3) is 0.923. The molecule has 0 bridgehead atoms. The highest BCUT2D eigenvalue weighted by atomic mass is 16.5. The second-order valence-electron chi connectivity index (χ2n) is 4.66. The second kappa shape index (κ2) is 10.1. The van der Waals surface area contributed by atoms with E-state index in [-0.39, 0.29) is 0 Å². The van der Waals surface area contributed by atoms with Crippen LogP contribution in [0.25, 0.3) is 0 Å². The molecule has 0 aliphatic rings. The first-order valence-electron chi connectivity index (χ1n) is 6.59. The minimum absolute atomic E-state index is 0.498. The van der Waals surface area contributed by atoms with Crippen LogP contribution in [0.4, 0.5) is 0 Å². The Morgan fingerprint density at radius 2 is 1.63 bits per heavy atom. The largest absolute Gasteiger partial charge is 0.480 e. The third-order valence-corrected chi connectivity index (χ3v) is 3.01. The van der Waals surface area contributed by atoms with Crippen molar-refractivity contribution in [3.05, 3.63) is 0 Å². The Hall–Kier alpha value is -0.690. The molecule has 0 aromatic heterocycles.